The molecular formula is C12H15BrN4O. The first-order valence-corrected chi connectivity index (χ1v) is 6.38. The second-order valence-corrected chi connectivity index (χ2v) is 5.06. The lowest BCUT2D eigenvalue weighted by Crippen LogP contribution is -2.08. The fourth-order valence-corrected chi connectivity index (χ4v) is 2.00. The Morgan fingerprint density at radius 2 is 2.28 bits per heavy atom. The summed E-state index contributed by atoms with van der Waals surface area (Å²) in [5, 5.41) is 7.83. The number of aromatic nitrogens is 3. The van der Waals surface area contributed by atoms with E-state index < -0.39 is 0 Å². The zero-order chi connectivity index (χ0) is 13.1. The lowest BCUT2D eigenvalue weighted by Gasteiger charge is -2.13. The average Bonchev–Trinajstić information content (AvgIpc) is 2.73. The highest BCUT2D eigenvalue weighted by Crippen LogP contribution is 2.27. The molecule has 2 N–H and O–H groups in total. The van der Waals surface area contributed by atoms with Gasteiger partial charge in [0.25, 0.3) is 0 Å². The first-order chi connectivity index (χ1) is 8.56. The van der Waals surface area contributed by atoms with Gasteiger partial charge in [0.05, 0.1) is 6.20 Å². The van der Waals surface area contributed by atoms with Crippen LogP contribution in [0.5, 0.6) is 5.75 Å². The Morgan fingerprint density at radius 1 is 1.50 bits per heavy atom. The Morgan fingerprint density at radius 3 is 2.89 bits per heavy atom. The summed E-state index contributed by atoms with van der Waals surface area (Å²) < 4.78 is 8.37. The second kappa shape index (κ2) is 5.49. The molecule has 0 spiro atoms. The first kappa shape index (κ1) is 13.0. The van der Waals surface area contributed by atoms with Crippen LogP contribution in [0.25, 0.3) is 0 Å². The van der Waals surface area contributed by atoms with E-state index in [0.717, 1.165) is 21.5 Å². The largest absolute Gasteiger partial charge is 0.487 e. The molecule has 1 atom stereocenters. The summed E-state index contributed by atoms with van der Waals surface area (Å²) in [6.45, 7) is 2.31. The SMILES string of the molecule is CC(N)c1cc(Br)ccc1OCc1cn(C)nn1. The van der Waals surface area contributed by atoms with E-state index in [0.29, 0.717) is 6.61 Å². The fourth-order valence-electron chi connectivity index (χ4n) is 1.62. The Bertz CT molecular complexity index is 539. The number of hydrogen-bond acceptors (Lipinski definition) is 4. The molecule has 2 rings (SSSR count). The lowest BCUT2D eigenvalue weighted by molar-refractivity contribution is 0.296. The predicted molar refractivity (Wildman–Crippen MR) is 72.1 cm³/mol. The zero-order valence-electron chi connectivity index (χ0n) is 10.3. The van der Waals surface area contributed by atoms with Crippen molar-refractivity contribution in [2.24, 2.45) is 12.8 Å². The van der Waals surface area contributed by atoms with E-state index in [2.05, 4.69) is 26.2 Å². The Labute approximate surface area is 114 Å². The molecule has 1 unspecified atom stereocenters. The van der Waals surface area contributed by atoms with Crippen molar-refractivity contribution in [3.8, 4) is 5.75 Å². The molecule has 0 aliphatic carbocycles. The summed E-state index contributed by atoms with van der Waals surface area (Å²) in [5.41, 5.74) is 7.68. The van der Waals surface area contributed by atoms with Crippen LogP contribution in [-0.2, 0) is 13.7 Å². The molecule has 0 saturated carbocycles. The number of aryl methyl sites for hydroxylation is 1. The number of ether oxygens (including phenoxy) is 1. The minimum atomic E-state index is -0.0839. The summed E-state index contributed by atoms with van der Waals surface area (Å²) in [7, 11) is 1.82. The van der Waals surface area contributed by atoms with Gasteiger partial charge in [-0.3, -0.25) is 4.68 Å². The van der Waals surface area contributed by atoms with Crippen LogP contribution >= 0.6 is 15.9 Å². The normalized spacial score (nSPS) is 12.4. The molecule has 5 nitrogen and oxygen atoms in total. The molecule has 0 amide bonds. The standard InChI is InChI=1S/C12H15BrN4O/c1-8(14)11-5-9(13)3-4-12(11)18-7-10-6-17(2)16-15-10/h3-6,8H,7,14H2,1-2H3. The van der Waals surface area contributed by atoms with E-state index in [1.54, 1.807) is 4.68 Å². The highest BCUT2D eigenvalue weighted by Gasteiger charge is 2.09. The van der Waals surface area contributed by atoms with Crippen molar-refractivity contribution in [1.29, 1.82) is 0 Å². The van der Waals surface area contributed by atoms with Crippen molar-refractivity contribution in [1.82, 2.24) is 15.0 Å². The number of halogens is 1. The molecule has 0 bridgehead atoms. The number of nitrogens with zero attached hydrogens (tertiary/aromatic N) is 3. The first-order valence-electron chi connectivity index (χ1n) is 5.59. The summed E-state index contributed by atoms with van der Waals surface area (Å²) >= 11 is 3.43. The summed E-state index contributed by atoms with van der Waals surface area (Å²) in [6, 6.07) is 5.72. The van der Waals surface area contributed by atoms with E-state index in [1.165, 1.54) is 0 Å². The lowest BCUT2D eigenvalue weighted by atomic mass is 10.1. The van der Waals surface area contributed by atoms with Gasteiger partial charge in [0, 0.05) is 23.1 Å². The van der Waals surface area contributed by atoms with Gasteiger partial charge in [-0.1, -0.05) is 21.1 Å². The molecule has 6 heteroatoms. The summed E-state index contributed by atoms with van der Waals surface area (Å²) in [5.74, 6) is 0.777. The topological polar surface area (TPSA) is 66.0 Å². The monoisotopic (exact) mass is 310 g/mol. The third-order valence-corrected chi connectivity index (χ3v) is 2.98. The summed E-state index contributed by atoms with van der Waals surface area (Å²) in [4.78, 5) is 0. The van der Waals surface area contributed by atoms with Gasteiger partial charge in [-0.15, -0.1) is 5.10 Å². The molecular weight excluding hydrogens is 296 g/mol. The van der Waals surface area contributed by atoms with Crippen molar-refractivity contribution in [3.63, 3.8) is 0 Å². The second-order valence-electron chi connectivity index (χ2n) is 4.14. The van der Waals surface area contributed by atoms with E-state index in [-0.39, 0.29) is 6.04 Å². The Kier molecular flexibility index (Phi) is 3.98. The molecule has 1 heterocycles. The minimum absolute atomic E-state index is 0.0839. The van der Waals surface area contributed by atoms with Gasteiger partial charge >= 0.3 is 0 Å². The van der Waals surface area contributed by atoms with Crippen LogP contribution in [0.4, 0.5) is 0 Å². The molecule has 0 aliphatic rings. The molecule has 2 aromatic rings. The van der Waals surface area contributed by atoms with Gasteiger partial charge < -0.3 is 10.5 Å². The van der Waals surface area contributed by atoms with Gasteiger partial charge in [-0.05, 0) is 25.1 Å². The van der Waals surface area contributed by atoms with Crippen LogP contribution in [0.15, 0.2) is 28.9 Å². The number of rotatable bonds is 4. The number of benzene rings is 1. The smallest absolute Gasteiger partial charge is 0.134 e. The van der Waals surface area contributed by atoms with Crippen molar-refractivity contribution >= 4 is 15.9 Å². The van der Waals surface area contributed by atoms with Crippen LogP contribution in [0, 0.1) is 0 Å². The molecule has 0 aliphatic heterocycles. The van der Waals surface area contributed by atoms with E-state index in [1.807, 2.05) is 38.4 Å². The highest BCUT2D eigenvalue weighted by atomic mass is 79.9. The van der Waals surface area contributed by atoms with E-state index >= 15 is 0 Å². The Balaban J connectivity index is 2.13. The van der Waals surface area contributed by atoms with Crippen molar-refractivity contribution in [2.75, 3.05) is 0 Å². The zero-order valence-corrected chi connectivity index (χ0v) is 11.9. The van der Waals surface area contributed by atoms with Gasteiger partial charge in [0.2, 0.25) is 0 Å². The van der Waals surface area contributed by atoms with Gasteiger partial charge in [0.15, 0.2) is 0 Å². The van der Waals surface area contributed by atoms with Crippen LogP contribution in [0.3, 0.4) is 0 Å². The van der Waals surface area contributed by atoms with Crippen LogP contribution in [0.1, 0.15) is 24.2 Å². The number of nitrogens with two attached hydrogens (primary N) is 1. The molecule has 0 radical (unpaired) electrons. The molecule has 0 fully saturated rings. The predicted octanol–water partition coefficient (Wildman–Crippen LogP) is 2.18. The van der Waals surface area contributed by atoms with Gasteiger partial charge in [0.1, 0.15) is 18.1 Å². The third kappa shape index (κ3) is 3.08. The maximum Gasteiger partial charge on any atom is 0.134 e. The van der Waals surface area contributed by atoms with Crippen molar-refractivity contribution < 1.29 is 4.74 Å². The fraction of sp³-hybridized carbons (Fsp3) is 0.333. The maximum absolute atomic E-state index is 5.92. The Hall–Kier alpha value is -1.40. The minimum Gasteiger partial charge on any atom is -0.487 e. The molecule has 18 heavy (non-hydrogen) atoms. The van der Waals surface area contributed by atoms with Crippen LogP contribution in [-0.4, -0.2) is 15.0 Å². The van der Waals surface area contributed by atoms with Crippen molar-refractivity contribution in [3.05, 3.63) is 40.1 Å². The summed E-state index contributed by atoms with van der Waals surface area (Å²) in [6.07, 6.45) is 1.82. The molecule has 0 saturated heterocycles. The molecule has 96 valence electrons. The third-order valence-electron chi connectivity index (χ3n) is 2.49. The maximum atomic E-state index is 5.92. The quantitative estimate of drug-likeness (QED) is 0.940. The number of hydrogen-bond donors (Lipinski definition) is 1. The van der Waals surface area contributed by atoms with Crippen LogP contribution in [0.2, 0.25) is 0 Å². The highest BCUT2D eigenvalue weighted by molar-refractivity contribution is 9.10. The van der Waals surface area contributed by atoms with Gasteiger partial charge in [-0.25, -0.2) is 0 Å². The van der Waals surface area contributed by atoms with E-state index in [4.69, 9.17) is 10.5 Å². The molecule has 1 aromatic heterocycles. The average molecular weight is 311 g/mol. The van der Waals surface area contributed by atoms with Crippen LogP contribution < -0.4 is 10.5 Å². The van der Waals surface area contributed by atoms with Crippen molar-refractivity contribution in [2.45, 2.75) is 19.6 Å². The molecule has 1 aromatic carbocycles. The van der Waals surface area contributed by atoms with E-state index in [9.17, 15) is 0 Å². The van der Waals surface area contributed by atoms with Gasteiger partial charge in [-0.2, -0.15) is 0 Å².